The molecule has 6 rings (SSSR count). The van der Waals surface area contributed by atoms with Gasteiger partial charge in [0.1, 0.15) is 36.5 Å². The number of nitriles is 1. The maximum Gasteiger partial charge on any atom is 0.217 e. The molecule has 2 fully saturated rings. The Morgan fingerprint density at radius 3 is 2.41 bits per heavy atom. The van der Waals surface area contributed by atoms with E-state index in [2.05, 4.69) is 45.2 Å². The number of likely N-dealkylation sites (tertiary alicyclic amines) is 2. The molecule has 54 heavy (non-hydrogen) atoms. The molecule has 0 spiro atoms. The van der Waals surface area contributed by atoms with Gasteiger partial charge in [0, 0.05) is 74.3 Å². The zero-order valence-corrected chi connectivity index (χ0v) is 32.7. The molecule has 284 valence electrons. The minimum atomic E-state index is 0.0428. The van der Waals surface area contributed by atoms with Gasteiger partial charge in [0.25, 0.3) is 0 Å². The lowest BCUT2D eigenvalue weighted by atomic mass is 9.96. The van der Waals surface area contributed by atoms with Gasteiger partial charge in [0.05, 0.1) is 22.2 Å². The van der Waals surface area contributed by atoms with Crippen molar-refractivity contribution in [3.05, 3.63) is 105 Å². The molecule has 0 radical (unpaired) electrons. The molecule has 4 aromatic rings. The van der Waals surface area contributed by atoms with Crippen molar-refractivity contribution in [1.82, 2.24) is 20.1 Å². The van der Waals surface area contributed by atoms with Crippen LogP contribution in [-0.2, 0) is 24.6 Å². The number of piperidine rings is 2. The highest BCUT2D eigenvalue weighted by Crippen LogP contribution is 2.39. The fourth-order valence-electron chi connectivity index (χ4n) is 7.27. The number of benzene rings is 3. The summed E-state index contributed by atoms with van der Waals surface area (Å²) in [7, 11) is 0. The van der Waals surface area contributed by atoms with E-state index < -0.39 is 0 Å². The lowest BCUT2D eigenvalue weighted by molar-refractivity contribution is -0.119. The molecule has 0 saturated carbocycles. The van der Waals surface area contributed by atoms with Crippen molar-refractivity contribution in [2.75, 3.05) is 39.3 Å². The number of halogens is 2. The third kappa shape index (κ3) is 10.7. The number of pyridine rings is 1. The molecule has 2 aliphatic heterocycles. The van der Waals surface area contributed by atoms with Gasteiger partial charge in [0.15, 0.2) is 0 Å². The smallest absolute Gasteiger partial charge is 0.217 e. The average Bonchev–Trinajstić information content (AvgIpc) is 3.18. The van der Waals surface area contributed by atoms with Gasteiger partial charge in [-0.3, -0.25) is 14.7 Å². The molecule has 3 heterocycles. The lowest BCUT2D eigenvalue weighted by Crippen LogP contribution is -2.44. The standard InChI is InChI=1S/C43H49Cl2N5O4/c1-30-34(9-6-10-37(30)38-11-7-12-40(43(38)45)52-20-8-17-49-18-13-36(14-19-49)48-31(2)51)29-54-42-23-41(53-28-33-21-32(24-46)25-47-26-33)35(22-39(42)44)27-50-15-4-3-5-16-50/h6-7,9-12,21-23,25-26,36H,3-5,8,13-20,27-29H2,1-2H3,(H,48,51). The first-order chi connectivity index (χ1) is 26.3. The van der Waals surface area contributed by atoms with Crippen molar-refractivity contribution in [3.8, 4) is 34.4 Å². The summed E-state index contributed by atoms with van der Waals surface area (Å²) >= 11 is 13.9. The monoisotopic (exact) mass is 769 g/mol. The number of amides is 1. The Balaban J connectivity index is 1.11. The molecule has 1 amide bonds. The Morgan fingerprint density at radius 1 is 0.870 bits per heavy atom. The third-order valence-corrected chi connectivity index (χ3v) is 10.9. The average molecular weight is 771 g/mol. The first-order valence-corrected chi connectivity index (χ1v) is 19.7. The highest BCUT2D eigenvalue weighted by molar-refractivity contribution is 6.35. The van der Waals surface area contributed by atoms with Gasteiger partial charge in [0.2, 0.25) is 5.91 Å². The van der Waals surface area contributed by atoms with Crippen LogP contribution in [-0.4, -0.2) is 66.1 Å². The maximum absolute atomic E-state index is 11.4. The van der Waals surface area contributed by atoms with Gasteiger partial charge in [-0.05, 0) is 87.0 Å². The van der Waals surface area contributed by atoms with E-state index >= 15 is 0 Å². The summed E-state index contributed by atoms with van der Waals surface area (Å²) < 4.78 is 19.0. The van der Waals surface area contributed by atoms with E-state index in [1.165, 1.54) is 19.3 Å². The van der Waals surface area contributed by atoms with E-state index in [0.29, 0.717) is 46.1 Å². The summed E-state index contributed by atoms with van der Waals surface area (Å²) in [5.41, 5.74) is 6.27. The number of hydrogen-bond acceptors (Lipinski definition) is 8. The van der Waals surface area contributed by atoms with Crippen LogP contribution in [0, 0.1) is 18.3 Å². The number of nitrogens with zero attached hydrogens (tertiary/aromatic N) is 4. The molecule has 9 nitrogen and oxygen atoms in total. The van der Waals surface area contributed by atoms with Crippen molar-refractivity contribution >= 4 is 29.1 Å². The van der Waals surface area contributed by atoms with Crippen LogP contribution in [0.15, 0.2) is 67.0 Å². The minimum Gasteiger partial charge on any atom is -0.492 e. The Bertz CT molecular complexity index is 1940. The molecule has 1 aromatic heterocycles. The molecule has 3 aromatic carbocycles. The molecular formula is C43H49Cl2N5O4. The van der Waals surface area contributed by atoms with Crippen molar-refractivity contribution in [2.45, 2.75) is 78.2 Å². The van der Waals surface area contributed by atoms with E-state index in [1.54, 1.807) is 25.4 Å². The number of hydrogen-bond donors (Lipinski definition) is 1. The maximum atomic E-state index is 11.4. The number of carbonyl (C=O) groups is 1. The van der Waals surface area contributed by atoms with Crippen molar-refractivity contribution in [1.29, 1.82) is 5.26 Å². The van der Waals surface area contributed by atoms with Crippen molar-refractivity contribution in [2.24, 2.45) is 0 Å². The third-order valence-electron chi connectivity index (χ3n) is 10.2. The first kappa shape index (κ1) is 39.4. The highest BCUT2D eigenvalue weighted by Gasteiger charge is 2.21. The zero-order valence-electron chi connectivity index (χ0n) is 31.2. The van der Waals surface area contributed by atoms with E-state index in [9.17, 15) is 10.1 Å². The van der Waals surface area contributed by atoms with Gasteiger partial charge in [-0.15, -0.1) is 0 Å². The van der Waals surface area contributed by atoms with E-state index in [0.717, 1.165) is 91.9 Å². The molecule has 0 unspecified atom stereocenters. The summed E-state index contributed by atoms with van der Waals surface area (Å²) in [5.74, 6) is 1.94. The molecule has 0 bridgehead atoms. The summed E-state index contributed by atoms with van der Waals surface area (Å²) in [4.78, 5) is 20.4. The van der Waals surface area contributed by atoms with Crippen LogP contribution in [0.1, 0.15) is 73.3 Å². The van der Waals surface area contributed by atoms with Crippen LogP contribution < -0.4 is 19.5 Å². The van der Waals surface area contributed by atoms with E-state index in [1.807, 2.05) is 36.4 Å². The number of ether oxygens (including phenoxy) is 3. The predicted octanol–water partition coefficient (Wildman–Crippen LogP) is 8.75. The Labute approximate surface area is 329 Å². The second-order valence-corrected chi connectivity index (χ2v) is 15.0. The van der Waals surface area contributed by atoms with Crippen LogP contribution in [0.3, 0.4) is 0 Å². The topological polar surface area (TPSA) is 100.0 Å². The summed E-state index contributed by atoms with van der Waals surface area (Å²) in [6.07, 6.45) is 9.71. The largest absolute Gasteiger partial charge is 0.492 e. The number of carbonyl (C=O) groups excluding carboxylic acids is 1. The molecule has 2 aliphatic rings. The van der Waals surface area contributed by atoms with E-state index in [-0.39, 0.29) is 18.6 Å². The van der Waals surface area contributed by atoms with Gasteiger partial charge < -0.3 is 24.4 Å². The lowest BCUT2D eigenvalue weighted by Gasteiger charge is -2.32. The Kier molecular flexibility index (Phi) is 14.1. The first-order valence-electron chi connectivity index (χ1n) is 18.9. The number of nitrogens with one attached hydrogen (secondary N) is 1. The normalized spacial score (nSPS) is 15.4. The fourth-order valence-corrected chi connectivity index (χ4v) is 7.79. The molecule has 11 heteroatoms. The molecule has 0 atom stereocenters. The van der Waals surface area contributed by atoms with Crippen molar-refractivity contribution < 1.29 is 19.0 Å². The molecule has 1 N–H and O–H groups in total. The molecule has 2 saturated heterocycles. The van der Waals surface area contributed by atoms with Crippen LogP contribution in [0.4, 0.5) is 0 Å². The minimum absolute atomic E-state index is 0.0428. The quantitative estimate of drug-likeness (QED) is 0.120. The van der Waals surface area contributed by atoms with Crippen LogP contribution >= 0.6 is 23.2 Å². The molecule has 0 aliphatic carbocycles. The van der Waals surface area contributed by atoms with Crippen LogP contribution in [0.5, 0.6) is 17.2 Å². The Morgan fingerprint density at radius 2 is 1.63 bits per heavy atom. The van der Waals surface area contributed by atoms with Gasteiger partial charge in [-0.2, -0.15) is 5.26 Å². The predicted molar refractivity (Wildman–Crippen MR) is 213 cm³/mol. The zero-order chi connectivity index (χ0) is 37.9. The SMILES string of the molecule is CC(=O)NC1CCN(CCCOc2cccc(-c3cccc(COc4cc(OCc5cncc(C#N)c5)c(CN5CCCCC5)cc4Cl)c3C)c2Cl)CC1. The van der Waals surface area contributed by atoms with Crippen molar-refractivity contribution in [3.63, 3.8) is 0 Å². The van der Waals surface area contributed by atoms with Crippen LogP contribution in [0.2, 0.25) is 10.0 Å². The second kappa shape index (κ2) is 19.3. The number of aromatic nitrogens is 1. The summed E-state index contributed by atoms with van der Waals surface area (Å²) in [5, 5.41) is 13.5. The van der Waals surface area contributed by atoms with E-state index in [4.69, 9.17) is 37.4 Å². The summed E-state index contributed by atoms with van der Waals surface area (Å²) in [6.45, 7) is 10.5. The Hall–Kier alpha value is -4.33. The fraction of sp³-hybridized carbons (Fsp3) is 0.419. The van der Waals surface area contributed by atoms with Crippen LogP contribution in [0.25, 0.3) is 11.1 Å². The van der Waals surface area contributed by atoms with Gasteiger partial charge in [-0.25, -0.2) is 0 Å². The van der Waals surface area contributed by atoms with Gasteiger partial charge in [-0.1, -0.05) is 60.0 Å². The number of rotatable bonds is 15. The second-order valence-electron chi connectivity index (χ2n) is 14.2. The highest BCUT2D eigenvalue weighted by atomic mass is 35.5. The molecular weight excluding hydrogens is 721 g/mol. The van der Waals surface area contributed by atoms with Gasteiger partial charge >= 0.3 is 0 Å². The summed E-state index contributed by atoms with van der Waals surface area (Å²) in [6, 6.07) is 20.1.